The van der Waals surface area contributed by atoms with Gasteiger partial charge in [-0.05, 0) is 56.5 Å². The Morgan fingerprint density at radius 3 is 3.15 bits per heavy atom. The van der Waals surface area contributed by atoms with Crippen LogP contribution in [0.1, 0.15) is 42.1 Å². The van der Waals surface area contributed by atoms with Gasteiger partial charge >= 0.3 is 5.97 Å². The second-order valence-corrected chi connectivity index (χ2v) is 7.42. The topological polar surface area (TPSA) is 67.9 Å². The first-order valence-electron chi connectivity index (χ1n) is 9.59. The predicted molar refractivity (Wildman–Crippen MR) is 96.3 cm³/mol. The molecule has 1 N–H and O–H groups in total. The lowest BCUT2D eigenvalue weighted by atomic mass is 9.70. The second kappa shape index (κ2) is 6.91. The number of likely N-dealkylation sites (tertiary alicyclic amines) is 1. The summed E-state index contributed by atoms with van der Waals surface area (Å²) in [5.41, 5.74) is 1.14. The van der Waals surface area contributed by atoms with Crippen molar-refractivity contribution in [2.24, 2.45) is 5.41 Å². The van der Waals surface area contributed by atoms with E-state index in [1.165, 1.54) is 0 Å². The van der Waals surface area contributed by atoms with Gasteiger partial charge in [0.05, 0.1) is 13.2 Å². The fraction of sp³-hybridized carbons (Fsp3) is 0.600. The lowest BCUT2D eigenvalue weighted by molar-refractivity contribution is -0.162. The van der Waals surface area contributed by atoms with E-state index in [1.807, 2.05) is 30.0 Å². The molecule has 6 nitrogen and oxygen atoms in total. The Labute approximate surface area is 153 Å². The van der Waals surface area contributed by atoms with Gasteiger partial charge in [-0.1, -0.05) is 0 Å². The molecular formula is C20H26N2O4. The van der Waals surface area contributed by atoms with E-state index in [4.69, 9.17) is 9.47 Å². The number of nitrogens with one attached hydrogen (secondary N) is 1. The van der Waals surface area contributed by atoms with Crippen LogP contribution in [0.2, 0.25) is 0 Å². The molecule has 0 saturated carbocycles. The zero-order chi connectivity index (χ0) is 18.1. The van der Waals surface area contributed by atoms with Crippen LogP contribution in [-0.2, 0) is 16.0 Å². The van der Waals surface area contributed by atoms with E-state index in [9.17, 15) is 9.59 Å². The number of hydrogen-bond donors (Lipinski definition) is 1. The molecule has 2 atom stereocenters. The lowest BCUT2D eigenvalue weighted by Gasteiger charge is -2.49. The number of amides is 1. The van der Waals surface area contributed by atoms with Crippen LogP contribution >= 0.6 is 0 Å². The molecule has 0 spiro atoms. The van der Waals surface area contributed by atoms with Gasteiger partial charge in [0.2, 0.25) is 0 Å². The Hall–Kier alpha value is -2.08. The van der Waals surface area contributed by atoms with E-state index in [0.29, 0.717) is 31.9 Å². The zero-order valence-corrected chi connectivity index (χ0v) is 15.3. The molecule has 1 aromatic carbocycles. The number of fused-ring (bicyclic) bond motifs is 2. The molecule has 3 aliphatic heterocycles. The van der Waals surface area contributed by atoms with Crippen molar-refractivity contribution in [2.75, 3.05) is 32.8 Å². The van der Waals surface area contributed by atoms with Gasteiger partial charge in [-0.3, -0.25) is 9.59 Å². The van der Waals surface area contributed by atoms with Gasteiger partial charge < -0.3 is 19.7 Å². The van der Waals surface area contributed by atoms with Gasteiger partial charge in [0.25, 0.3) is 5.91 Å². The van der Waals surface area contributed by atoms with Crippen molar-refractivity contribution in [3.63, 3.8) is 0 Å². The van der Waals surface area contributed by atoms with Crippen LogP contribution in [0, 0.1) is 5.41 Å². The Morgan fingerprint density at radius 1 is 1.42 bits per heavy atom. The summed E-state index contributed by atoms with van der Waals surface area (Å²) in [6.07, 6.45) is 3.31. The third kappa shape index (κ3) is 2.86. The molecule has 0 bridgehead atoms. The SMILES string of the molecule is CCOC(=O)[C@]12CCCN[C@@H]1CCN(C(=O)c1ccc3c(c1)CCO3)C2. The molecule has 3 heterocycles. The first-order chi connectivity index (χ1) is 12.6. The minimum Gasteiger partial charge on any atom is -0.493 e. The zero-order valence-electron chi connectivity index (χ0n) is 15.3. The summed E-state index contributed by atoms with van der Waals surface area (Å²) in [7, 11) is 0. The molecule has 0 unspecified atom stereocenters. The highest BCUT2D eigenvalue weighted by molar-refractivity contribution is 5.95. The number of ether oxygens (including phenoxy) is 2. The minimum atomic E-state index is -0.623. The first kappa shape index (κ1) is 17.3. The van der Waals surface area contributed by atoms with Gasteiger partial charge in [0.15, 0.2) is 0 Å². The summed E-state index contributed by atoms with van der Waals surface area (Å²) in [6.45, 7) is 4.88. The van der Waals surface area contributed by atoms with Gasteiger partial charge in [0.1, 0.15) is 11.2 Å². The quantitative estimate of drug-likeness (QED) is 0.834. The normalized spacial score (nSPS) is 27.3. The highest BCUT2D eigenvalue weighted by Crippen LogP contribution is 2.39. The number of carbonyl (C=O) groups excluding carboxylic acids is 2. The summed E-state index contributed by atoms with van der Waals surface area (Å²) in [6, 6.07) is 5.74. The van der Waals surface area contributed by atoms with E-state index in [2.05, 4.69) is 5.32 Å². The van der Waals surface area contributed by atoms with Crippen molar-refractivity contribution in [1.29, 1.82) is 0 Å². The summed E-state index contributed by atoms with van der Waals surface area (Å²) in [4.78, 5) is 27.7. The number of piperidine rings is 2. The smallest absolute Gasteiger partial charge is 0.315 e. The average Bonchev–Trinajstić information content (AvgIpc) is 3.15. The molecule has 2 saturated heterocycles. The third-order valence-corrected chi connectivity index (χ3v) is 5.92. The van der Waals surface area contributed by atoms with Crippen LogP contribution in [-0.4, -0.2) is 55.7 Å². The summed E-state index contributed by atoms with van der Waals surface area (Å²) >= 11 is 0. The fourth-order valence-electron chi connectivity index (χ4n) is 4.58. The molecule has 140 valence electrons. The number of benzene rings is 1. The van der Waals surface area contributed by atoms with Gasteiger partial charge in [0, 0.05) is 31.1 Å². The molecule has 1 aromatic rings. The molecule has 0 radical (unpaired) electrons. The van der Waals surface area contributed by atoms with Crippen molar-refractivity contribution < 1.29 is 19.1 Å². The number of rotatable bonds is 3. The Morgan fingerprint density at radius 2 is 2.31 bits per heavy atom. The summed E-state index contributed by atoms with van der Waals surface area (Å²) < 4.78 is 10.9. The molecule has 4 rings (SSSR count). The molecular weight excluding hydrogens is 332 g/mol. The van der Waals surface area contributed by atoms with Crippen LogP contribution in [0.15, 0.2) is 18.2 Å². The Bertz CT molecular complexity index is 720. The van der Waals surface area contributed by atoms with Gasteiger partial charge in [-0.15, -0.1) is 0 Å². The third-order valence-electron chi connectivity index (χ3n) is 5.92. The van der Waals surface area contributed by atoms with Crippen LogP contribution in [0.5, 0.6) is 5.75 Å². The Balaban J connectivity index is 1.57. The molecule has 6 heteroatoms. The second-order valence-electron chi connectivity index (χ2n) is 7.42. The van der Waals surface area contributed by atoms with E-state index < -0.39 is 5.41 Å². The monoisotopic (exact) mass is 358 g/mol. The van der Waals surface area contributed by atoms with Crippen LogP contribution < -0.4 is 10.1 Å². The maximum absolute atomic E-state index is 13.1. The molecule has 0 aromatic heterocycles. The minimum absolute atomic E-state index is 0.00704. The molecule has 3 aliphatic rings. The van der Waals surface area contributed by atoms with Crippen LogP contribution in [0.3, 0.4) is 0 Å². The molecule has 2 fully saturated rings. The predicted octanol–water partition coefficient (Wildman–Crippen LogP) is 1.77. The van der Waals surface area contributed by atoms with E-state index in [-0.39, 0.29) is 17.9 Å². The molecule has 0 aliphatic carbocycles. The van der Waals surface area contributed by atoms with E-state index in [1.54, 1.807) is 0 Å². The number of nitrogens with zero attached hydrogens (tertiary/aromatic N) is 1. The average molecular weight is 358 g/mol. The maximum Gasteiger partial charge on any atom is 0.315 e. The number of esters is 1. The van der Waals surface area contributed by atoms with Gasteiger partial charge in [-0.25, -0.2) is 0 Å². The summed E-state index contributed by atoms with van der Waals surface area (Å²) in [5, 5.41) is 3.48. The largest absolute Gasteiger partial charge is 0.493 e. The highest BCUT2D eigenvalue weighted by atomic mass is 16.5. The van der Waals surface area contributed by atoms with Gasteiger partial charge in [-0.2, -0.15) is 0 Å². The first-order valence-corrected chi connectivity index (χ1v) is 9.59. The Kier molecular flexibility index (Phi) is 4.61. The van der Waals surface area contributed by atoms with Crippen molar-refractivity contribution in [2.45, 2.75) is 38.6 Å². The molecule has 26 heavy (non-hydrogen) atoms. The van der Waals surface area contributed by atoms with Crippen LogP contribution in [0.25, 0.3) is 0 Å². The van der Waals surface area contributed by atoms with E-state index in [0.717, 1.165) is 43.5 Å². The summed E-state index contributed by atoms with van der Waals surface area (Å²) in [5.74, 6) is 0.698. The van der Waals surface area contributed by atoms with Crippen molar-refractivity contribution >= 4 is 11.9 Å². The fourth-order valence-corrected chi connectivity index (χ4v) is 4.58. The highest BCUT2D eigenvalue weighted by Gasteiger charge is 2.52. The lowest BCUT2D eigenvalue weighted by Crippen LogP contribution is -2.64. The van der Waals surface area contributed by atoms with Crippen LogP contribution in [0.4, 0.5) is 0 Å². The van der Waals surface area contributed by atoms with Crippen molar-refractivity contribution in [1.82, 2.24) is 10.2 Å². The number of hydrogen-bond acceptors (Lipinski definition) is 5. The van der Waals surface area contributed by atoms with Crippen molar-refractivity contribution in [3.8, 4) is 5.75 Å². The standard InChI is InChI=1S/C20H26N2O4/c1-2-25-19(24)20-8-3-9-21-17(20)6-10-22(13-20)18(23)15-4-5-16-14(12-15)7-11-26-16/h4-5,12,17,21H,2-3,6-11,13H2,1H3/t17-,20+/m1/s1. The maximum atomic E-state index is 13.1. The van der Waals surface area contributed by atoms with Crippen molar-refractivity contribution in [3.05, 3.63) is 29.3 Å². The molecule has 1 amide bonds. The van der Waals surface area contributed by atoms with E-state index >= 15 is 0 Å². The number of carbonyl (C=O) groups is 2.